The Morgan fingerprint density at radius 1 is 1.06 bits per heavy atom. The fourth-order valence-corrected chi connectivity index (χ4v) is 3.86. The Labute approximate surface area is 195 Å². The quantitative estimate of drug-likeness (QED) is 0.333. The molecule has 0 saturated carbocycles. The molecule has 2 aromatic rings. The summed E-state index contributed by atoms with van der Waals surface area (Å²) in [7, 11) is 1.55. The second-order valence-electron chi connectivity index (χ2n) is 9.04. The average molecular weight is 452 g/mol. The van der Waals surface area contributed by atoms with Crippen molar-refractivity contribution in [1.29, 1.82) is 0 Å². The molecule has 6 heteroatoms. The van der Waals surface area contributed by atoms with Gasteiger partial charge in [-0.3, -0.25) is 9.59 Å². The smallest absolute Gasteiger partial charge is 0.295 e. The van der Waals surface area contributed by atoms with E-state index in [0.717, 1.165) is 11.1 Å². The molecule has 6 nitrogen and oxygen atoms in total. The van der Waals surface area contributed by atoms with Crippen LogP contribution >= 0.6 is 0 Å². The molecular formula is C27H33NO5. The van der Waals surface area contributed by atoms with Gasteiger partial charge in [0.25, 0.3) is 11.7 Å². The highest BCUT2D eigenvalue weighted by Gasteiger charge is 2.45. The molecule has 1 heterocycles. The molecule has 0 aliphatic carbocycles. The summed E-state index contributed by atoms with van der Waals surface area (Å²) in [4.78, 5) is 27.5. The molecule has 0 radical (unpaired) electrons. The summed E-state index contributed by atoms with van der Waals surface area (Å²) >= 11 is 0. The lowest BCUT2D eigenvalue weighted by atomic mass is 9.93. The number of amides is 1. The second kappa shape index (κ2) is 10.7. The van der Waals surface area contributed by atoms with Crippen LogP contribution in [0.3, 0.4) is 0 Å². The van der Waals surface area contributed by atoms with Crippen LogP contribution in [0.15, 0.2) is 54.1 Å². The van der Waals surface area contributed by atoms with E-state index in [1.807, 2.05) is 24.3 Å². The fraction of sp³-hybridized carbons (Fsp3) is 0.407. The molecule has 3 rings (SSSR count). The Hall–Kier alpha value is -3.12. The van der Waals surface area contributed by atoms with Gasteiger partial charge in [0.2, 0.25) is 0 Å². The molecule has 1 N–H and O–H groups in total. The number of carbonyl (C=O) groups excluding carboxylic acids is 2. The van der Waals surface area contributed by atoms with E-state index in [2.05, 4.69) is 27.7 Å². The van der Waals surface area contributed by atoms with Gasteiger partial charge in [0, 0.05) is 19.2 Å². The Kier molecular flexibility index (Phi) is 7.92. The maximum atomic E-state index is 13.1. The van der Waals surface area contributed by atoms with Crippen LogP contribution in [0, 0.1) is 5.92 Å². The van der Waals surface area contributed by atoms with Gasteiger partial charge >= 0.3 is 0 Å². The molecule has 2 aromatic carbocycles. The lowest BCUT2D eigenvalue weighted by Crippen LogP contribution is -2.32. The predicted octanol–water partition coefficient (Wildman–Crippen LogP) is 4.91. The first-order chi connectivity index (χ1) is 15.7. The summed E-state index contributed by atoms with van der Waals surface area (Å²) in [6, 6.07) is 14.1. The Morgan fingerprint density at radius 3 is 2.36 bits per heavy atom. The van der Waals surface area contributed by atoms with E-state index in [4.69, 9.17) is 9.47 Å². The molecule has 33 heavy (non-hydrogen) atoms. The van der Waals surface area contributed by atoms with Gasteiger partial charge in [-0.25, -0.2) is 0 Å². The SMILES string of the molecule is COCCN1C(=O)C(=O)/C(=C(\O)c2cccc(OCC(C)C)c2)C1c1ccc(C(C)C)cc1. The average Bonchev–Trinajstić information content (AvgIpc) is 3.06. The van der Waals surface area contributed by atoms with Gasteiger partial charge in [0.05, 0.1) is 24.8 Å². The van der Waals surface area contributed by atoms with Crippen molar-refractivity contribution in [3.8, 4) is 5.75 Å². The van der Waals surface area contributed by atoms with Crippen molar-refractivity contribution in [1.82, 2.24) is 4.90 Å². The van der Waals surface area contributed by atoms with Crippen molar-refractivity contribution >= 4 is 17.4 Å². The standard InChI is InChI=1S/C27H33NO5/c1-17(2)16-33-22-8-6-7-21(15-22)25(29)23-24(20-11-9-19(10-12-20)18(3)4)28(13-14-32-5)27(31)26(23)30/h6-12,15,17-18,24,29H,13-14,16H2,1-5H3/b25-23-. The minimum atomic E-state index is -0.699. The van der Waals surface area contributed by atoms with Gasteiger partial charge in [-0.2, -0.15) is 0 Å². The minimum absolute atomic E-state index is 0.0782. The van der Waals surface area contributed by atoms with E-state index in [1.165, 1.54) is 4.90 Å². The van der Waals surface area contributed by atoms with E-state index < -0.39 is 17.7 Å². The van der Waals surface area contributed by atoms with Crippen LogP contribution in [0.25, 0.3) is 5.76 Å². The van der Waals surface area contributed by atoms with Gasteiger partial charge in [0.1, 0.15) is 11.5 Å². The van der Waals surface area contributed by atoms with Gasteiger partial charge in [0.15, 0.2) is 0 Å². The number of ketones is 1. The third kappa shape index (κ3) is 5.45. The van der Waals surface area contributed by atoms with Crippen molar-refractivity contribution in [2.45, 2.75) is 39.7 Å². The van der Waals surface area contributed by atoms with Crippen LogP contribution < -0.4 is 4.74 Å². The maximum absolute atomic E-state index is 13.1. The lowest BCUT2D eigenvalue weighted by molar-refractivity contribution is -0.140. The number of carbonyl (C=O) groups is 2. The van der Waals surface area contributed by atoms with E-state index >= 15 is 0 Å². The van der Waals surface area contributed by atoms with Crippen molar-refractivity contribution in [2.75, 3.05) is 26.9 Å². The highest BCUT2D eigenvalue weighted by Crippen LogP contribution is 2.40. The molecule has 1 saturated heterocycles. The first kappa shape index (κ1) is 24.5. The Bertz CT molecular complexity index is 1020. The van der Waals surface area contributed by atoms with Gasteiger partial charge in [-0.1, -0.05) is 64.1 Å². The summed E-state index contributed by atoms with van der Waals surface area (Å²) in [6.07, 6.45) is 0. The first-order valence-corrected chi connectivity index (χ1v) is 11.3. The van der Waals surface area contributed by atoms with E-state index in [0.29, 0.717) is 29.8 Å². The fourth-order valence-electron chi connectivity index (χ4n) is 3.86. The zero-order chi connectivity index (χ0) is 24.1. The van der Waals surface area contributed by atoms with E-state index in [-0.39, 0.29) is 24.5 Å². The van der Waals surface area contributed by atoms with Gasteiger partial charge in [-0.05, 0) is 35.1 Å². The largest absolute Gasteiger partial charge is 0.507 e. The second-order valence-corrected chi connectivity index (χ2v) is 9.04. The third-order valence-electron chi connectivity index (χ3n) is 5.69. The number of aliphatic hydroxyl groups is 1. The number of benzene rings is 2. The molecular weight excluding hydrogens is 418 g/mol. The zero-order valence-corrected chi connectivity index (χ0v) is 20.0. The van der Waals surface area contributed by atoms with Crippen LogP contribution in [-0.4, -0.2) is 48.6 Å². The molecule has 0 bridgehead atoms. The number of methoxy groups -OCH3 is 1. The van der Waals surface area contributed by atoms with Crippen molar-refractivity contribution in [3.05, 3.63) is 70.8 Å². The molecule has 1 aliphatic rings. The molecule has 1 fully saturated rings. The van der Waals surface area contributed by atoms with E-state index in [9.17, 15) is 14.7 Å². The number of ether oxygens (including phenoxy) is 2. The minimum Gasteiger partial charge on any atom is -0.507 e. The number of hydrogen-bond acceptors (Lipinski definition) is 5. The number of Topliss-reactive ketones (excluding diaryl/α,β-unsaturated/α-hetero) is 1. The molecule has 1 amide bonds. The highest BCUT2D eigenvalue weighted by molar-refractivity contribution is 6.46. The summed E-state index contributed by atoms with van der Waals surface area (Å²) in [6.45, 7) is 9.37. The Balaban J connectivity index is 2.08. The normalized spacial score (nSPS) is 17.9. The van der Waals surface area contributed by atoms with Crippen LogP contribution in [-0.2, 0) is 14.3 Å². The number of likely N-dealkylation sites (tertiary alicyclic amines) is 1. The maximum Gasteiger partial charge on any atom is 0.295 e. The first-order valence-electron chi connectivity index (χ1n) is 11.3. The number of aliphatic hydroxyl groups excluding tert-OH is 1. The number of rotatable bonds is 9. The van der Waals surface area contributed by atoms with Crippen LogP contribution in [0.1, 0.15) is 56.3 Å². The summed E-state index contributed by atoms with van der Waals surface area (Å²) < 4.78 is 10.9. The summed E-state index contributed by atoms with van der Waals surface area (Å²) in [5.74, 6) is -0.246. The van der Waals surface area contributed by atoms with Crippen LogP contribution in [0.5, 0.6) is 5.75 Å². The van der Waals surface area contributed by atoms with Crippen LogP contribution in [0.2, 0.25) is 0 Å². The number of hydrogen-bond donors (Lipinski definition) is 1. The van der Waals surface area contributed by atoms with Crippen LogP contribution in [0.4, 0.5) is 0 Å². The van der Waals surface area contributed by atoms with Gasteiger partial charge in [-0.15, -0.1) is 0 Å². The molecule has 1 atom stereocenters. The van der Waals surface area contributed by atoms with E-state index in [1.54, 1.807) is 31.4 Å². The van der Waals surface area contributed by atoms with Crippen molar-refractivity contribution in [3.63, 3.8) is 0 Å². The monoisotopic (exact) mass is 451 g/mol. The Morgan fingerprint density at radius 2 is 1.76 bits per heavy atom. The zero-order valence-electron chi connectivity index (χ0n) is 20.0. The lowest BCUT2D eigenvalue weighted by Gasteiger charge is -2.25. The molecule has 1 aliphatic heterocycles. The summed E-state index contributed by atoms with van der Waals surface area (Å²) in [5.41, 5.74) is 2.44. The molecule has 1 unspecified atom stereocenters. The van der Waals surface area contributed by atoms with Gasteiger partial charge < -0.3 is 19.5 Å². The molecule has 176 valence electrons. The predicted molar refractivity (Wildman–Crippen MR) is 128 cm³/mol. The molecule has 0 aromatic heterocycles. The topological polar surface area (TPSA) is 76.1 Å². The van der Waals surface area contributed by atoms with Crippen molar-refractivity contribution in [2.24, 2.45) is 5.92 Å². The molecule has 0 spiro atoms. The number of nitrogens with zero attached hydrogens (tertiary/aromatic N) is 1. The highest BCUT2D eigenvalue weighted by atomic mass is 16.5. The third-order valence-corrected chi connectivity index (χ3v) is 5.69. The summed E-state index contributed by atoms with van der Waals surface area (Å²) in [5, 5.41) is 11.2. The van der Waals surface area contributed by atoms with Crippen molar-refractivity contribution < 1.29 is 24.2 Å².